The molecule has 4 heterocycles. The van der Waals surface area contributed by atoms with E-state index in [1.807, 2.05) is 37.8 Å². The number of likely N-dealkylation sites (tertiary alicyclic amines) is 1. The fourth-order valence-electron chi connectivity index (χ4n) is 4.72. The number of fused-ring (bicyclic) bond motifs is 1. The second-order valence-electron chi connectivity index (χ2n) is 10.2. The summed E-state index contributed by atoms with van der Waals surface area (Å²) in [7, 11) is 1.77. The highest BCUT2D eigenvalue weighted by Gasteiger charge is 2.33. The minimum atomic E-state index is -0.508. The van der Waals surface area contributed by atoms with Crippen LogP contribution in [0.1, 0.15) is 46.5 Å². The fourth-order valence-corrected chi connectivity index (χ4v) is 4.72. The van der Waals surface area contributed by atoms with Gasteiger partial charge in [-0.3, -0.25) is 4.79 Å². The number of anilines is 1. The smallest absolute Gasteiger partial charge is 0.410 e. The van der Waals surface area contributed by atoms with Crippen molar-refractivity contribution in [3.05, 3.63) is 18.5 Å². The Morgan fingerprint density at radius 1 is 1.15 bits per heavy atom. The molecule has 0 saturated carbocycles. The maximum absolute atomic E-state index is 13.3. The van der Waals surface area contributed by atoms with E-state index in [4.69, 9.17) is 4.74 Å². The van der Waals surface area contributed by atoms with Gasteiger partial charge in [-0.1, -0.05) is 0 Å². The zero-order chi connectivity index (χ0) is 23.6. The summed E-state index contributed by atoms with van der Waals surface area (Å²) in [6.45, 7) is 9.33. The molecule has 2 aliphatic rings. The molecule has 2 amide bonds. The van der Waals surface area contributed by atoms with Crippen LogP contribution in [0.4, 0.5) is 10.6 Å². The number of ether oxygens (including phenoxy) is 1. The van der Waals surface area contributed by atoms with Crippen LogP contribution in [0, 0.1) is 11.8 Å². The van der Waals surface area contributed by atoms with Gasteiger partial charge in [-0.15, -0.1) is 15.3 Å². The molecule has 180 valence electrons. The van der Waals surface area contributed by atoms with Crippen LogP contribution in [0.15, 0.2) is 18.5 Å². The quantitative estimate of drug-likeness (QED) is 0.696. The third kappa shape index (κ3) is 5.72. The molecular formula is C23H35N7O3. The predicted molar refractivity (Wildman–Crippen MR) is 124 cm³/mol. The standard InChI is InChI=1S/C23H35N7O3/c1-23(2,3)33-22(32)27(4)14-17-6-5-11-29(15-17)21(31)18-9-12-28(13-10-18)20-8-7-19-25-24-16-30(19)26-20/h7-8,16-18H,5-6,9-15H2,1-4H3. The van der Waals surface area contributed by atoms with E-state index in [0.717, 1.165) is 56.8 Å². The first-order valence-corrected chi connectivity index (χ1v) is 11.8. The third-order valence-corrected chi connectivity index (χ3v) is 6.38. The van der Waals surface area contributed by atoms with E-state index in [1.165, 1.54) is 0 Å². The largest absolute Gasteiger partial charge is 0.444 e. The number of nitrogens with zero attached hydrogens (tertiary/aromatic N) is 7. The molecule has 2 aliphatic heterocycles. The van der Waals surface area contributed by atoms with Crippen molar-refractivity contribution in [1.82, 2.24) is 29.6 Å². The number of aromatic nitrogens is 4. The highest BCUT2D eigenvalue weighted by atomic mass is 16.6. The van der Waals surface area contributed by atoms with Crippen LogP contribution in [-0.4, -0.2) is 87.0 Å². The summed E-state index contributed by atoms with van der Waals surface area (Å²) in [5.41, 5.74) is 0.215. The first kappa shape index (κ1) is 23.3. The number of hydrogen-bond acceptors (Lipinski definition) is 7. The molecule has 33 heavy (non-hydrogen) atoms. The Morgan fingerprint density at radius 3 is 2.64 bits per heavy atom. The summed E-state index contributed by atoms with van der Waals surface area (Å²) in [5, 5.41) is 12.4. The molecule has 2 aromatic heterocycles. The van der Waals surface area contributed by atoms with Crippen molar-refractivity contribution in [3.63, 3.8) is 0 Å². The van der Waals surface area contributed by atoms with Gasteiger partial charge in [0.2, 0.25) is 5.91 Å². The number of piperidine rings is 2. The zero-order valence-electron chi connectivity index (χ0n) is 20.1. The van der Waals surface area contributed by atoms with Gasteiger partial charge in [-0.2, -0.15) is 4.52 Å². The van der Waals surface area contributed by atoms with Crippen molar-refractivity contribution in [1.29, 1.82) is 0 Å². The maximum atomic E-state index is 13.3. The van der Waals surface area contributed by atoms with Crippen LogP contribution in [0.5, 0.6) is 0 Å². The highest BCUT2D eigenvalue weighted by Crippen LogP contribution is 2.26. The number of carbonyl (C=O) groups excluding carboxylic acids is 2. The molecule has 0 aromatic carbocycles. The Hall–Kier alpha value is -2.91. The van der Waals surface area contributed by atoms with E-state index >= 15 is 0 Å². The van der Waals surface area contributed by atoms with Gasteiger partial charge in [-0.05, 0) is 64.5 Å². The summed E-state index contributed by atoms with van der Waals surface area (Å²) >= 11 is 0. The second kappa shape index (κ2) is 9.52. The SMILES string of the molecule is CN(CC1CCCN(C(=O)C2CCN(c3ccc4nncn4n3)CC2)C1)C(=O)OC(C)(C)C. The van der Waals surface area contributed by atoms with E-state index in [9.17, 15) is 9.59 Å². The van der Waals surface area contributed by atoms with E-state index in [-0.39, 0.29) is 23.8 Å². The molecule has 0 radical (unpaired) electrons. The molecule has 1 atom stereocenters. The lowest BCUT2D eigenvalue weighted by Gasteiger charge is -2.39. The summed E-state index contributed by atoms with van der Waals surface area (Å²) in [6, 6.07) is 3.87. The van der Waals surface area contributed by atoms with Crippen molar-refractivity contribution in [2.45, 2.75) is 52.1 Å². The molecule has 2 fully saturated rings. The molecular weight excluding hydrogens is 422 g/mol. The van der Waals surface area contributed by atoms with Crippen molar-refractivity contribution < 1.29 is 14.3 Å². The van der Waals surface area contributed by atoms with Gasteiger partial charge in [0.15, 0.2) is 5.65 Å². The third-order valence-electron chi connectivity index (χ3n) is 6.38. The Balaban J connectivity index is 1.28. The van der Waals surface area contributed by atoms with Crippen LogP contribution in [0.2, 0.25) is 0 Å². The first-order valence-electron chi connectivity index (χ1n) is 11.8. The molecule has 1 unspecified atom stereocenters. The van der Waals surface area contributed by atoms with Gasteiger partial charge in [0, 0.05) is 45.7 Å². The van der Waals surface area contributed by atoms with Crippen LogP contribution in [0.25, 0.3) is 5.65 Å². The summed E-state index contributed by atoms with van der Waals surface area (Å²) < 4.78 is 7.14. The molecule has 0 spiro atoms. The lowest BCUT2D eigenvalue weighted by atomic mass is 9.92. The van der Waals surface area contributed by atoms with Crippen molar-refractivity contribution in [2.24, 2.45) is 11.8 Å². The number of hydrogen-bond donors (Lipinski definition) is 0. The highest BCUT2D eigenvalue weighted by molar-refractivity contribution is 5.79. The van der Waals surface area contributed by atoms with Crippen LogP contribution >= 0.6 is 0 Å². The van der Waals surface area contributed by atoms with Crippen molar-refractivity contribution >= 4 is 23.5 Å². The molecule has 0 aliphatic carbocycles. The number of amides is 2. The lowest BCUT2D eigenvalue weighted by molar-refractivity contribution is -0.138. The molecule has 10 heteroatoms. The van der Waals surface area contributed by atoms with Crippen LogP contribution < -0.4 is 4.90 Å². The van der Waals surface area contributed by atoms with E-state index in [1.54, 1.807) is 22.8 Å². The monoisotopic (exact) mass is 457 g/mol. The Bertz CT molecular complexity index is 978. The van der Waals surface area contributed by atoms with E-state index in [2.05, 4.69) is 20.2 Å². The Labute approximate surface area is 194 Å². The van der Waals surface area contributed by atoms with Gasteiger partial charge in [0.1, 0.15) is 17.7 Å². The van der Waals surface area contributed by atoms with E-state index in [0.29, 0.717) is 13.1 Å². The topological polar surface area (TPSA) is 96.2 Å². The molecule has 2 aromatic rings. The van der Waals surface area contributed by atoms with Gasteiger partial charge in [0.05, 0.1) is 0 Å². The zero-order valence-corrected chi connectivity index (χ0v) is 20.1. The molecule has 0 N–H and O–H groups in total. The van der Waals surface area contributed by atoms with Gasteiger partial charge in [-0.25, -0.2) is 4.79 Å². The van der Waals surface area contributed by atoms with Crippen molar-refractivity contribution in [3.8, 4) is 0 Å². The average Bonchev–Trinajstić information content (AvgIpc) is 3.26. The summed E-state index contributed by atoms with van der Waals surface area (Å²) in [5.74, 6) is 1.46. The van der Waals surface area contributed by atoms with Gasteiger partial charge in [0.25, 0.3) is 0 Å². The Morgan fingerprint density at radius 2 is 1.91 bits per heavy atom. The minimum absolute atomic E-state index is 0.0437. The molecule has 0 bridgehead atoms. The average molecular weight is 458 g/mol. The number of rotatable bonds is 4. The maximum Gasteiger partial charge on any atom is 0.410 e. The number of carbonyl (C=O) groups is 2. The predicted octanol–water partition coefficient (Wildman–Crippen LogP) is 2.45. The summed E-state index contributed by atoms with van der Waals surface area (Å²) in [4.78, 5) is 31.4. The minimum Gasteiger partial charge on any atom is -0.444 e. The van der Waals surface area contributed by atoms with Crippen LogP contribution in [-0.2, 0) is 9.53 Å². The normalized spacial score (nSPS) is 20.2. The molecule has 10 nitrogen and oxygen atoms in total. The van der Waals surface area contributed by atoms with Crippen LogP contribution in [0.3, 0.4) is 0 Å². The van der Waals surface area contributed by atoms with E-state index < -0.39 is 5.60 Å². The molecule has 2 saturated heterocycles. The van der Waals surface area contributed by atoms with Gasteiger partial charge < -0.3 is 19.4 Å². The summed E-state index contributed by atoms with van der Waals surface area (Å²) in [6.07, 6.45) is 4.92. The Kier molecular flexibility index (Phi) is 6.71. The second-order valence-corrected chi connectivity index (χ2v) is 10.2. The van der Waals surface area contributed by atoms with Gasteiger partial charge >= 0.3 is 6.09 Å². The lowest BCUT2D eigenvalue weighted by Crippen LogP contribution is -2.48. The molecule has 4 rings (SSSR count). The fraction of sp³-hybridized carbons (Fsp3) is 0.696. The van der Waals surface area contributed by atoms with Crippen molar-refractivity contribution in [2.75, 3.05) is 44.7 Å². The first-order chi connectivity index (χ1) is 15.7.